The molecule has 6 heteroatoms. The summed E-state index contributed by atoms with van der Waals surface area (Å²) in [5.41, 5.74) is 1.86. The fourth-order valence-corrected chi connectivity index (χ4v) is 5.50. The fourth-order valence-electron chi connectivity index (χ4n) is 5.09. The molecule has 3 nitrogen and oxygen atoms in total. The maximum absolute atomic E-state index is 15.4. The standard InChI is InChI=1S/C28H24BrF2N3/c1-28(2,31)26(22-10-19(15-33)11-25(30)13-22)23-16-34(17-23)27(21-4-3-5-24(29)12-21)20-8-6-18(14-32)7-9-20/h3-13,23,26-27H,16-17H2,1-2H3. The van der Waals surface area contributed by atoms with Crippen molar-refractivity contribution < 1.29 is 8.78 Å². The van der Waals surface area contributed by atoms with E-state index in [0.717, 1.165) is 15.6 Å². The van der Waals surface area contributed by atoms with Crippen LogP contribution in [0.25, 0.3) is 0 Å². The van der Waals surface area contributed by atoms with Gasteiger partial charge in [0.1, 0.15) is 11.5 Å². The van der Waals surface area contributed by atoms with Crippen LogP contribution in [0.1, 0.15) is 53.6 Å². The molecule has 3 aromatic rings. The Morgan fingerprint density at radius 2 is 1.59 bits per heavy atom. The summed E-state index contributed by atoms with van der Waals surface area (Å²) < 4.78 is 30.6. The van der Waals surface area contributed by atoms with Gasteiger partial charge in [0.2, 0.25) is 0 Å². The Labute approximate surface area is 207 Å². The molecule has 0 aromatic heterocycles. The molecule has 0 spiro atoms. The minimum Gasteiger partial charge on any atom is -0.292 e. The predicted molar refractivity (Wildman–Crippen MR) is 131 cm³/mol. The molecule has 4 rings (SSSR count). The van der Waals surface area contributed by atoms with Crippen LogP contribution in [-0.4, -0.2) is 23.7 Å². The number of nitrogens with zero attached hydrogens (tertiary/aromatic N) is 3. The molecule has 1 heterocycles. The quantitative estimate of drug-likeness (QED) is 0.356. The molecule has 0 radical (unpaired) electrons. The van der Waals surface area contributed by atoms with Crippen molar-refractivity contribution in [3.63, 3.8) is 0 Å². The van der Waals surface area contributed by atoms with Gasteiger partial charge in [-0.25, -0.2) is 8.78 Å². The minimum absolute atomic E-state index is 0.0404. The van der Waals surface area contributed by atoms with Crippen molar-refractivity contribution in [3.05, 3.63) is 105 Å². The lowest BCUT2D eigenvalue weighted by molar-refractivity contribution is 0.00811. The second-order valence-electron chi connectivity index (χ2n) is 9.33. The molecule has 0 aliphatic carbocycles. The van der Waals surface area contributed by atoms with Gasteiger partial charge in [-0.15, -0.1) is 0 Å². The zero-order valence-electron chi connectivity index (χ0n) is 19.0. The van der Waals surface area contributed by atoms with Gasteiger partial charge in [-0.05, 0) is 78.9 Å². The first-order valence-corrected chi connectivity index (χ1v) is 11.9. The average Bonchev–Trinajstić information content (AvgIpc) is 2.76. The van der Waals surface area contributed by atoms with Crippen LogP contribution in [0, 0.1) is 34.4 Å². The Bertz CT molecular complexity index is 1260. The summed E-state index contributed by atoms with van der Waals surface area (Å²) in [7, 11) is 0. The third-order valence-corrected chi connectivity index (χ3v) is 6.94. The van der Waals surface area contributed by atoms with Crippen molar-refractivity contribution in [1.29, 1.82) is 10.5 Å². The number of nitriles is 2. The zero-order chi connectivity index (χ0) is 24.5. The molecule has 0 saturated carbocycles. The molecule has 1 aliphatic heterocycles. The highest BCUT2D eigenvalue weighted by Crippen LogP contribution is 2.45. The highest BCUT2D eigenvalue weighted by Gasteiger charge is 2.45. The van der Waals surface area contributed by atoms with Gasteiger partial charge < -0.3 is 0 Å². The highest BCUT2D eigenvalue weighted by molar-refractivity contribution is 9.10. The first-order valence-electron chi connectivity index (χ1n) is 11.1. The molecule has 0 N–H and O–H groups in total. The van der Waals surface area contributed by atoms with Crippen LogP contribution in [0.3, 0.4) is 0 Å². The maximum atomic E-state index is 15.4. The van der Waals surface area contributed by atoms with E-state index in [4.69, 9.17) is 0 Å². The Hall–Kier alpha value is -3.06. The maximum Gasteiger partial charge on any atom is 0.124 e. The van der Waals surface area contributed by atoms with Gasteiger partial charge in [0.05, 0.1) is 29.3 Å². The molecule has 1 saturated heterocycles. The van der Waals surface area contributed by atoms with E-state index < -0.39 is 17.4 Å². The number of benzene rings is 3. The van der Waals surface area contributed by atoms with E-state index in [2.05, 4.69) is 39.0 Å². The lowest BCUT2D eigenvalue weighted by Crippen LogP contribution is -2.53. The number of halogens is 3. The van der Waals surface area contributed by atoms with Crippen molar-refractivity contribution >= 4 is 15.9 Å². The monoisotopic (exact) mass is 519 g/mol. The van der Waals surface area contributed by atoms with E-state index in [-0.39, 0.29) is 17.5 Å². The van der Waals surface area contributed by atoms with Gasteiger partial charge in [-0.3, -0.25) is 4.90 Å². The molecule has 34 heavy (non-hydrogen) atoms. The van der Waals surface area contributed by atoms with Gasteiger partial charge >= 0.3 is 0 Å². The number of rotatable bonds is 6. The smallest absolute Gasteiger partial charge is 0.124 e. The van der Waals surface area contributed by atoms with E-state index in [9.17, 15) is 14.9 Å². The van der Waals surface area contributed by atoms with Crippen molar-refractivity contribution in [1.82, 2.24) is 4.90 Å². The predicted octanol–water partition coefficient (Wildman–Crippen LogP) is 6.88. The Balaban J connectivity index is 1.66. The van der Waals surface area contributed by atoms with Crippen molar-refractivity contribution in [2.75, 3.05) is 13.1 Å². The molecular weight excluding hydrogens is 496 g/mol. The first-order chi connectivity index (χ1) is 16.2. The molecule has 3 aromatic carbocycles. The Morgan fingerprint density at radius 1 is 0.912 bits per heavy atom. The summed E-state index contributed by atoms with van der Waals surface area (Å²) in [6.07, 6.45) is 0. The Morgan fingerprint density at radius 3 is 2.18 bits per heavy atom. The van der Waals surface area contributed by atoms with E-state index >= 15 is 4.39 Å². The molecule has 172 valence electrons. The van der Waals surface area contributed by atoms with Gasteiger partial charge in [0.15, 0.2) is 0 Å². The molecular formula is C28H24BrF2N3. The van der Waals surface area contributed by atoms with Gasteiger partial charge in [-0.2, -0.15) is 10.5 Å². The average molecular weight is 520 g/mol. The van der Waals surface area contributed by atoms with Crippen molar-refractivity contribution in [2.24, 2.45) is 5.92 Å². The summed E-state index contributed by atoms with van der Waals surface area (Å²) in [5.74, 6) is -1.11. The zero-order valence-corrected chi connectivity index (χ0v) is 20.6. The normalized spacial score (nSPS) is 16.2. The first kappa shape index (κ1) is 24.1. The van der Waals surface area contributed by atoms with Crippen LogP contribution >= 0.6 is 15.9 Å². The van der Waals surface area contributed by atoms with Crippen LogP contribution < -0.4 is 0 Å². The number of alkyl halides is 1. The van der Waals surface area contributed by atoms with E-state index in [1.54, 1.807) is 18.2 Å². The lowest BCUT2D eigenvalue weighted by atomic mass is 9.72. The summed E-state index contributed by atoms with van der Waals surface area (Å²) in [5, 5.41) is 18.4. The summed E-state index contributed by atoms with van der Waals surface area (Å²) in [6.45, 7) is 4.27. The second-order valence-corrected chi connectivity index (χ2v) is 10.2. The van der Waals surface area contributed by atoms with Crippen molar-refractivity contribution in [3.8, 4) is 12.1 Å². The fraction of sp³-hybridized carbons (Fsp3) is 0.286. The second kappa shape index (κ2) is 9.66. The van der Waals surface area contributed by atoms with E-state index in [1.807, 2.05) is 30.3 Å². The minimum atomic E-state index is -1.59. The Kier molecular flexibility index (Phi) is 6.84. The van der Waals surface area contributed by atoms with E-state index in [1.165, 1.54) is 26.0 Å². The summed E-state index contributed by atoms with van der Waals surface area (Å²) in [6, 6.07) is 23.8. The molecule has 2 unspecified atom stereocenters. The number of likely N-dealkylation sites (tertiary alicyclic amines) is 1. The largest absolute Gasteiger partial charge is 0.292 e. The van der Waals surface area contributed by atoms with Crippen molar-refractivity contribution in [2.45, 2.75) is 31.5 Å². The molecule has 0 bridgehead atoms. The summed E-state index contributed by atoms with van der Waals surface area (Å²) >= 11 is 3.55. The number of hydrogen-bond donors (Lipinski definition) is 0. The number of hydrogen-bond acceptors (Lipinski definition) is 3. The molecule has 1 aliphatic rings. The molecule has 1 fully saturated rings. The molecule has 0 amide bonds. The molecule has 2 atom stereocenters. The lowest BCUT2D eigenvalue weighted by Gasteiger charge is -2.50. The van der Waals surface area contributed by atoms with Crippen LogP contribution in [0.2, 0.25) is 0 Å². The topological polar surface area (TPSA) is 50.8 Å². The third-order valence-electron chi connectivity index (χ3n) is 6.44. The van der Waals surface area contributed by atoms with Gasteiger partial charge in [0, 0.05) is 23.5 Å². The van der Waals surface area contributed by atoms with Crippen LogP contribution in [0.15, 0.2) is 71.2 Å². The summed E-state index contributed by atoms with van der Waals surface area (Å²) in [4.78, 5) is 2.27. The van der Waals surface area contributed by atoms with Crippen LogP contribution in [-0.2, 0) is 0 Å². The highest BCUT2D eigenvalue weighted by atomic mass is 79.9. The van der Waals surface area contributed by atoms with Gasteiger partial charge in [0.25, 0.3) is 0 Å². The van der Waals surface area contributed by atoms with Gasteiger partial charge in [-0.1, -0.05) is 40.2 Å². The van der Waals surface area contributed by atoms with E-state index in [0.29, 0.717) is 24.2 Å². The van der Waals surface area contributed by atoms with Crippen LogP contribution in [0.5, 0.6) is 0 Å². The third kappa shape index (κ3) is 5.04. The SMILES string of the molecule is CC(C)(F)C(c1cc(F)cc(C#N)c1)C1CN(C(c2ccc(C#N)cc2)c2cccc(Br)c2)C1. The van der Waals surface area contributed by atoms with Crippen LogP contribution in [0.4, 0.5) is 8.78 Å².